The molecule has 1 aromatic rings. The van der Waals surface area contributed by atoms with Crippen LogP contribution in [-0.2, 0) is 4.74 Å². The molecule has 0 aliphatic heterocycles. The highest BCUT2D eigenvalue weighted by molar-refractivity contribution is 5.93. The molecule has 0 aliphatic carbocycles. The number of rotatable bonds is 9. The third-order valence-corrected chi connectivity index (χ3v) is 2.63. The maximum atomic E-state index is 11.9. The molecule has 1 amide bonds. The molecule has 5 heteroatoms. The molecule has 0 aliphatic rings. The fourth-order valence-electron chi connectivity index (χ4n) is 1.60. The van der Waals surface area contributed by atoms with Gasteiger partial charge in [0, 0.05) is 38.7 Å². The molecule has 1 aromatic heterocycles. The van der Waals surface area contributed by atoms with Crippen LogP contribution >= 0.6 is 0 Å². The standard InChI is InChI=1S/C14H23N3O2/c1-3-7-15-12-6-9-16-13(11-12)14(18)17-8-4-5-10-19-2/h6,9,11H,3-5,7-8,10H2,1-2H3,(H,15,16)(H,17,18). The van der Waals surface area contributed by atoms with Crippen molar-refractivity contribution in [2.75, 3.05) is 32.1 Å². The first-order chi connectivity index (χ1) is 9.27. The van der Waals surface area contributed by atoms with Crippen molar-refractivity contribution in [3.8, 4) is 0 Å². The summed E-state index contributed by atoms with van der Waals surface area (Å²) in [5.41, 5.74) is 1.38. The van der Waals surface area contributed by atoms with Crippen LogP contribution in [0.3, 0.4) is 0 Å². The van der Waals surface area contributed by atoms with Gasteiger partial charge in [0.2, 0.25) is 0 Å². The van der Waals surface area contributed by atoms with Crippen molar-refractivity contribution >= 4 is 11.6 Å². The van der Waals surface area contributed by atoms with Crippen LogP contribution in [0.5, 0.6) is 0 Å². The van der Waals surface area contributed by atoms with E-state index >= 15 is 0 Å². The van der Waals surface area contributed by atoms with Gasteiger partial charge in [-0.25, -0.2) is 0 Å². The van der Waals surface area contributed by atoms with E-state index in [1.54, 1.807) is 19.4 Å². The van der Waals surface area contributed by atoms with Crippen molar-refractivity contribution in [2.45, 2.75) is 26.2 Å². The van der Waals surface area contributed by atoms with E-state index < -0.39 is 0 Å². The Kier molecular flexibility index (Phi) is 7.58. The summed E-state index contributed by atoms with van der Waals surface area (Å²) in [6.07, 6.45) is 4.55. The van der Waals surface area contributed by atoms with Gasteiger partial charge in [-0.05, 0) is 31.4 Å². The van der Waals surface area contributed by atoms with E-state index in [2.05, 4.69) is 22.5 Å². The van der Waals surface area contributed by atoms with E-state index in [4.69, 9.17) is 4.74 Å². The van der Waals surface area contributed by atoms with Crippen LogP contribution in [0.25, 0.3) is 0 Å². The first-order valence-electron chi connectivity index (χ1n) is 6.75. The molecule has 5 nitrogen and oxygen atoms in total. The van der Waals surface area contributed by atoms with Crippen LogP contribution in [-0.4, -0.2) is 37.7 Å². The summed E-state index contributed by atoms with van der Waals surface area (Å²) in [6.45, 7) is 4.37. The minimum atomic E-state index is -0.127. The number of aromatic nitrogens is 1. The zero-order valence-electron chi connectivity index (χ0n) is 11.7. The van der Waals surface area contributed by atoms with Crippen molar-refractivity contribution < 1.29 is 9.53 Å². The summed E-state index contributed by atoms with van der Waals surface area (Å²) >= 11 is 0. The van der Waals surface area contributed by atoms with Gasteiger partial charge in [-0.1, -0.05) is 6.92 Å². The molecule has 2 N–H and O–H groups in total. The van der Waals surface area contributed by atoms with Gasteiger partial charge in [-0.15, -0.1) is 0 Å². The number of pyridine rings is 1. The zero-order valence-corrected chi connectivity index (χ0v) is 11.7. The average Bonchev–Trinajstić information content (AvgIpc) is 2.45. The SMILES string of the molecule is CCCNc1ccnc(C(=O)NCCCCOC)c1. The molecular weight excluding hydrogens is 242 g/mol. The van der Waals surface area contributed by atoms with Crippen LogP contribution in [0.15, 0.2) is 18.3 Å². The summed E-state index contributed by atoms with van der Waals surface area (Å²) < 4.78 is 4.95. The molecule has 0 radical (unpaired) electrons. The van der Waals surface area contributed by atoms with Crippen molar-refractivity contribution in [1.82, 2.24) is 10.3 Å². The second-order valence-electron chi connectivity index (χ2n) is 4.31. The Morgan fingerprint density at radius 2 is 2.21 bits per heavy atom. The number of hydrogen-bond donors (Lipinski definition) is 2. The second kappa shape index (κ2) is 9.33. The molecular formula is C14H23N3O2. The van der Waals surface area contributed by atoms with E-state index in [1.807, 2.05) is 6.07 Å². The molecule has 0 spiro atoms. The lowest BCUT2D eigenvalue weighted by atomic mass is 10.2. The van der Waals surface area contributed by atoms with Gasteiger partial charge in [-0.2, -0.15) is 0 Å². The summed E-state index contributed by atoms with van der Waals surface area (Å²) in [7, 11) is 1.68. The highest BCUT2D eigenvalue weighted by Crippen LogP contribution is 2.07. The Morgan fingerprint density at radius 1 is 1.37 bits per heavy atom. The van der Waals surface area contributed by atoms with Crippen LogP contribution in [0, 0.1) is 0 Å². The normalized spacial score (nSPS) is 10.2. The molecule has 0 fully saturated rings. The lowest BCUT2D eigenvalue weighted by Gasteiger charge is -2.07. The zero-order chi connectivity index (χ0) is 13.9. The third kappa shape index (κ3) is 6.20. The van der Waals surface area contributed by atoms with Crippen LogP contribution in [0.4, 0.5) is 5.69 Å². The van der Waals surface area contributed by atoms with Crippen LogP contribution in [0.1, 0.15) is 36.7 Å². The first kappa shape index (κ1) is 15.4. The number of ether oxygens (including phenoxy) is 1. The molecule has 1 heterocycles. The molecule has 0 saturated carbocycles. The summed E-state index contributed by atoms with van der Waals surface area (Å²) in [5, 5.41) is 6.09. The minimum Gasteiger partial charge on any atom is -0.385 e. The lowest BCUT2D eigenvalue weighted by Crippen LogP contribution is -2.25. The molecule has 0 saturated heterocycles. The van der Waals surface area contributed by atoms with E-state index in [9.17, 15) is 4.79 Å². The predicted octanol–water partition coefficient (Wildman–Crippen LogP) is 2.06. The van der Waals surface area contributed by atoms with Crippen LogP contribution in [0.2, 0.25) is 0 Å². The number of unbranched alkanes of at least 4 members (excludes halogenated alkanes) is 1. The topological polar surface area (TPSA) is 63.2 Å². The molecule has 0 bridgehead atoms. The highest BCUT2D eigenvalue weighted by Gasteiger charge is 2.06. The monoisotopic (exact) mass is 265 g/mol. The number of carbonyl (C=O) groups is 1. The molecule has 0 aromatic carbocycles. The van der Waals surface area contributed by atoms with Gasteiger partial charge >= 0.3 is 0 Å². The summed E-state index contributed by atoms with van der Waals surface area (Å²) in [5.74, 6) is -0.127. The van der Waals surface area contributed by atoms with Gasteiger partial charge in [0.05, 0.1) is 0 Å². The smallest absolute Gasteiger partial charge is 0.269 e. The molecule has 0 atom stereocenters. The number of anilines is 1. The molecule has 0 unspecified atom stereocenters. The summed E-state index contributed by atoms with van der Waals surface area (Å²) in [6, 6.07) is 3.64. The van der Waals surface area contributed by atoms with Gasteiger partial charge in [0.25, 0.3) is 5.91 Å². The van der Waals surface area contributed by atoms with Crippen molar-refractivity contribution in [2.24, 2.45) is 0 Å². The van der Waals surface area contributed by atoms with Crippen LogP contribution < -0.4 is 10.6 Å². The highest BCUT2D eigenvalue weighted by atomic mass is 16.5. The quantitative estimate of drug-likeness (QED) is 0.671. The Hall–Kier alpha value is -1.62. The van der Waals surface area contributed by atoms with E-state index in [0.717, 1.165) is 38.1 Å². The Morgan fingerprint density at radius 3 is 2.95 bits per heavy atom. The molecule has 1 rings (SSSR count). The number of hydrogen-bond acceptors (Lipinski definition) is 4. The number of nitrogens with zero attached hydrogens (tertiary/aromatic N) is 1. The predicted molar refractivity (Wildman–Crippen MR) is 76.5 cm³/mol. The van der Waals surface area contributed by atoms with Gasteiger partial charge < -0.3 is 15.4 Å². The van der Waals surface area contributed by atoms with Crippen molar-refractivity contribution in [1.29, 1.82) is 0 Å². The van der Waals surface area contributed by atoms with Gasteiger partial charge in [-0.3, -0.25) is 9.78 Å². The Labute approximate surface area is 114 Å². The Balaban J connectivity index is 2.38. The van der Waals surface area contributed by atoms with E-state index in [1.165, 1.54) is 0 Å². The minimum absolute atomic E-state index is 0.127. The van der Waals surface area contributed by atoms with Crippen molar-refractivity contribution in [3.63, 3.8) is 0 Å². The largest absolute Gasteiger partial charge is 0.385 e. The fraction of sp³-hybridized carbons (Fsp3) is 0.571. The summed E-state index contributed by atoms with van der Waals surface area (Å²) in [4.78, 5) is 16.0. The van der Waals surface area contributed by atoms with E-state index in [-0.39, 0.29) is 5.91 Å². The third-order valence-electron chi connectivity index (χ3n) is 2.63. The Bertz CT molecular complexity index is 383. The van der Waals surface area contributed by atoms with Gasteiger partial charge in [0.15, 0.2) is 0 Å². The lowest BCUT2D eigenvalue weighted by molar-refractivity contribution is 0.0946. The maximum Gasteiger partial charge on any atom is 0.269 e. The van der Waals surface area contributed by atoms with Gasteiger partial charge in [0.1, 0.15) is 5.69 Å². The molecule has 19 heavy (non-hydrogen) atoms. The molecule has 106 valence electrons. The number of amides is 1. The number of nitrogens with one attached hydrogen (secondary N) is 2. The average molecular weight is 265 g/mol. The second-order valence-corrected chi connectivity index (χ2v) is 4.31. The van der Waals surface area contributed by atoms with E-state index in [0.29, 0.717) is 12.2 Å². The van der Waals surface area contributed by atoms with Crippen molar-refractivity contribution in [3.05, 3.63) is 24.0 Å². The first-order valence-corrected chi connectivity index (χ1v) is 6.75. The maximum absolute atomic E-state index is 11.9. The fourth-order valence-corrected chi connectivity index (χ4v) is 1.60. The number of methoxy groups -OCH3 is 1. The number of carbonyl (C=O) groups excluding carboxylic acids is 1.